The van der Waals surface area contributed by atoms with Gasteiger partial charge in [-0.2, -0.15) is 0 Å². The fourth-order valence-electron chi connectivity index (χ4n) is 3.85. The van der Waals surface area contributed by atoms with E-state index >= 15 is 0 Å². The number of ether oxygens (including phenoxy) is 3. The molecule has 1 saturated carbocycles. The Bertz CT molecular complexity index is 443. The van der Waals surface area contributed by atoms with Crippen molar-refractivity contribution in [2.75, 3.05) is 28.3 Å². The Kier molecular flexibility index (Phi) is 7.78. The third-order valence-corrected chi connectivity index (χ3v) is 5.86. The molecule has 0 aromatic carbocycles. The molecule has 2 rings (SSSR count). The average molecular weight is 376 g/mol. The Morgan fingerprint density at radius 1 is 1.15 bits per heavy atom. The molecule has 154 valence electrons. The molecule has 10 atom stereocenters. The van der Waals surface area contributed by atoms with Crippen LogP contribution >= 0.6 is 0 Å². The van der Waals surface area contributed by atoms with Crippen LogP contribution in [0.25, 0.3) is 0 Å². The molecule has 7 N–H and O–H groups in total. The smallest absolute Gasteiger partial charge is 0.173 e. The van der Waals surface area contributed by atoms with Crippen LogP contribution in [0.5, 0.6) is 0 Å². The largest absolute Gasteiger partial charge is 0.389 e. The van der Waals surface area contributed by atoms with Crippen molar-refractivity contribution >= 4 is 0 Å². The second-order valence-electron chi connectivity index (χ2n) is 7.66. The molecule has 2 fully saturated rings. The maximum absolute atomic E-state index is 10.7. The maximum atomic E-state index is 10.7. The Hall–Kier alpha value is -0.360. The zero-order chi connectivity index (χ0) is 19.6. The minimum Gasteiger partial charge on any atom is -0.389 e. The van der Waals surface area contributed by atoms with E-state index in [4.69, 9.17) is 25.7 Å². The van der Waals surface area contributed by atoms with Crippen molar-refractivity contribution in [3.63, 3.8) is 0 Å². The number of hydrogen-bond donors (Lipinski definition) is 5. The van der Waals surface area contributed by atoms with E-state index in [1.165, 1.54) is 7.11 Å². The van der Waals surface area contributed by atoms with Crippen molar-refractivity contribution in [1.29, 1.82) is 0 Å². The Morgan fingerprint density at radius 2 is 1.81 bits per heavy atom. The highest BCUT2D eigenvalue weighted by atomic mass is 16.7. The second kappa shape index (κ2) is 9.22. The molecule has 0 bridgehead atoms. The zero-order valence-electron chi connectivity index (χ0n) is 16.4. The number of methoxy groups -OCH3 is 1. The molecule has 0 aromatic rings. The zero-order valence-corrected chi connectivity index (χ0v) is 16.4. The van der Waals surface area contributed by atoms with E-state index in [0.717, 1.165) is 12.8 Å². The van der Waals surface area contributed by atoms with Crippen LogP contribution in [0.4, 0.5) is 0 Å². The summed E-state index contributed by atoms with van der Waals surface area (Å²) in [7, 11) is 7.17. The van der Waals surface area contributed by atoms with Crippen molar-refractivity contribution in [3.8, 4) is 0 Å². The predicted octanol–water partition coefficient (Wildman–Crippen LogP) is -2.18. The quantitative estimate of drug-likeness (QED) is 0.350. The first-order chi connectivity index (χ1) is 12.2. The van der Waals surface area contributed by atoms with Crippen LogP contribution in [0.3, 0.4) is 0 Å². The van der Waals surface area contributed by atoms with Crippen molar-refractivity contribution in [3.05, 3.63) is 0 Å². The molecule has 0 aromatic heterocycles. The van der Waals surface area contributed by atoms with Gasteiger partial charge in [-0.15, -0.1) is 0 Å². The van der Waals surface area contributed by atoms with Crippen molar-refractivity contribution in [1.82, 2.24) is 10.2 Å². The minimum atomic E-state index is -0.984. The third kappa shape index (κ3) is 4.37. The van der Waals surface area contributed by atoms with E-state index in [9.17, 15) is 10.2 Å². The lowest BCUT2D eigenvalue weighted by molar-refractivity contribution is -0.266. The summed E-state index contributed by atoms with van der Waals surface area (Å²) in [5, 5.41) is 24.2. The molecule has 10 unspecified atom stereocenters. The number of nitrogens with zero attached hydrogens (tertiary/aromatic N) is 1. The first-order valence-corrected chi connectivity index (χ1v) is 9.27. The van der Waals surface area contributed by atoms with Gasteiger partial charge in [-0.1, -0.05) is 0 Å². The van der Waals surface area contributed by atoms with Crippen LogP contribution in [0.1, 0.15) is 19.8 Å². The van der Waals surface area contributed by atoms with Gasteiger partial charge >= 0.3 is 0 Å². The van der Waals surface area contributed by atoms with Gasteiger partial charge in [0.1, 0.15) is 12.2 Å². The van der Waals surface area contributed by atoms with E-state index in [2.05, 4.69) is 17.1 Å². The van der Waals surface area contributed by atoms with Crippen LogP contribution in [-0.2, 0) is 14.2 Å². The van der Waals surface area contributed by atoms with Crippen LogP contribution < -0.4 is 16.8 Å². The summed E-state index contributed by atoms with van der Waals surface area (Å²) in [5.74, 6) is 0. The van der Waals surface area contributed by atoms with E-state index in [1.54, 1.807) is 7.05 Å². The summed E-state index contributed by atoms with van der Waals surface area (Å²) in [5.41, 5.74) is 12.3. The highest BCUT2D eigenvalue weighted by Crippen LogP contribution is 2.29. The molecule has 1 aliphatic heterocycles. The van der Waals surface area contributed by atoms with Crippen LogP contribution in [0.15, 0.2) is 0 Å². The number of rotatable bonds is 6. The number of nitrogens with two attached hydrogens (primary N) is 2. The van der Waals surface area contributed by atoms with Crippen molar-refractivity contribution < 1.29 is 24.4 Å². The van der Waals surface area contributed by atoms with E-state index in [-0.39, 0.29) is 18.2 Å². The molecule has 0 spiro atoms. The summed E-state index contributed by atoms with van der Waals surface area (Å²) < 4.78 is 17.4. The minimum absolute atomic E-state index is 0.0245. The molecule has 1 saturated heterocycles. The monoisotopic (exact) mass is 376 g/mol. The Labute approximate surface area is 155 Å². The van der Waals surface area contributed by atoms with Gasteiger partial charge in [0, 0.05) is 13.2 Å². The molecule has 26 heavy (non-hydrogen) atoms. The first-order valence-electron chi connectivity index (χ1n) is 9.27. The summed E-state index contributed by atoms with van der Waals surface area (Å²) in [6.07, 6.45) is -2.52. The summed E-state index contributed by atoms with van der Waals surface area (Å²) >= 11 is 0. The molecular weight excluding hydrogens is 340 g/mol. The third-order valence-electron chi connectivity index (χ3n) is 5.86. The second-order valence-corrected chi connectivity index (χ2v) is 7.66. The predicted molar refractivity (Wildman–Crippen MR) is 97.5 cm³/mol. The molecule has 2 aliphatic rings. The normalized spacial score (nSPS) is 45.7. The fraction of sp³-hybridized carbons (Fsp3) is 1.00. The lowest BCUT2D eigenvalue weighted by atomic mass is 9.81. The molecule has 0 radical (unpaired) electrons. The van der Waals surface area contributed by atoms with E-state index < -0.39 is 42.8 Å². The SMILES string of the molecule is CNC1C(O)C(OC2OC(C(C)N(C)C)CCC2N)C(N)C(O)C1OC. The number of likely N-dealkylation sites (N-methyl/N-ethyl adjacent to an activating group) is 2. The molecular formula is C17H36N4O5. The van der Waals surface area contributed by atoms with Crippen LogP contribution in [-0.4, -0.2) is 104 Å². The summed E-state index contributed by atoms with van der Waals surface area (Å²) in [6.45, 7) is 2.09. The van der Waals surface area contributed by atoms with Gasteiger partial charge in [-0.25, -0.2) is 0 Å². The number of aliphatic hydroxyl groups excluding tert-OH is 2. The van der Waals surface area contributed by atoms with Gasteiger partial charge in [0.05, 0.1) is 36.4 Å². The van der Waals surface area contributed by atoms with E-state index in [0.29, 0.717) is 0 Å². The Balaban J connectivity index is 2.11. The molecule has 9 nitrogen and oxygen atoms in total. The highest BCUT2D eigenvalue weighted by Gasteiger charge is 2.50. The maximum Gasteiger partial charge on any atom is 0.173 e. The standard InChI is InChI=1S/C17H36N4O5/c1-8(21(3)4)10-7-6-9(18)17(25-10)26-15-11(19)13(22)16(24-5)12(20-2)14(15)23/h8-17,20,22-23H,6-7,18-19H2,1-5H3. The lowest BCUT2D eigenvalue weighted by Gasteiger charge is -2.48. The van der Waals surface area contributed by atoms with E-state index in [1.807, 2.05) is 14.1 Å². The summed E-state index contributed by atoms with van der Waals surface area (Å²) in [4.78, 5) is 2.09. The Morgan fingerprint density at radius 3 is 2.35 bits per heavy atom. The van der Waals surface area contributed by atoms with Crippen molar-refractivity contribution in [2.24, 2.45) is 11.5 Å². The van der Waals surface area contributed by atoms with Gasteiger partial charge in [0.25, 0.3) is 0 Å². The molecule has 1 heterocycles. The molecule has 9 heteroatoms. The average Bonchev–Trinajstić information content (AvgIpc) is 2.62. The topological polar surface area (TPSA) is 135 Å². The van der Waals surface area contributed by atoms with Crippen LogP contribution in [0, 0.1) is 0 Å². The first kappa shape index (κ1) is 21.9. The van der Waals surface area contributed by atoms with Gasteiger partial charge in [-0.3, -0.25) is 0 Å². The summed E-state index contributed by atoms with van der Waals surface area (Å²) in [6, 6.07) is -1.45. The van der Waals surface area contributed by atoms with Gasteiger partial charge < -0.3 is 46.1 Å². The molecule has 1 aliphatic carbocycles. The number of nitrogens with one attached hydrogen (secondary N) is 1. The van der Waals surface area contributed by atoms with Crippen molar-refractivity contribution in [2.45, 2.75) is 80.7 Å². The van der Waals surface area contributed by atoms with Gasteiger partial charge in [-0.05, 0) is 40.9 Å². The van der Waals surface area contributed by atoms with Gasteiger partial charge in [0.15, 0.2) is 6.29 Å². The molecule has 0 amide bonds. The van der Waals surface area contributed by atoms with Gasteiger partial charge in [0.2, 0.25) is 0 Å². The van der Waals surface area contributed by atoms with Crippen LogP contribution in [0.2, 0.25) is 0 Å². The number of hydrogen-bond acceptors (Lipinski definition) is 9. The fourth-order valence-corrected chi connectivity index (χ4v) is 3.85. The number of aliphatic hydroxyl groups is 2. The highest BCUT2D eigenvalue weighted by molar-refractivity contribution is 5.05. The lowest BCUT2D eigenvalue weighted by Crippen LogP contribution is -2.71.